The fourth-order valence-electron chi connectivity index (χ4n) is 3.01. The van der Waals surface area contributed by atoms with Gasteiger partial charge in [-0.1, -0.05) is 0 Å². The highest BCUT2D eigenvalue weighted by atomic mass is 16.5. The van der Waals surface area contributed by atoms with E-state index in [0.29, 0.717) is 6.42 Å². The van der Waals surface area contributed by atoms with Gasteiger partial charge in [0, 0.05) is 36.1 Å². The van der Waals surface area contributed by atoms with E-state index in [9.17, 15) is 9.90 Å². The van der Waals surface area contributed by atoms with Crippen molar-refractivity contribution in [3.05, 3.63) is 23.0 Å². The van der Waals surface area contributed by atoms with E-state index in [0.717, 1.165) is 29.0 Å². The predicted molar refractivity (Wildman–Crippen MR) is 64.0 cm³/mol. The fourth-order valence-corrected chi connectivity index (χ4v) is 3.01. The molecule has 2 aliphatic rings. The van der Waals surface area contributed by atoms with Gasteiger partial charge in [-0.3, -0.25) is 9.78 Å². The van der Waals surface area contributed by atoms with E-state index in [1.807, 2.05) is 13.8 Å². The van der Waals surface area contributed by atoms with Gasteiger partial charge in [-0.2, -0.15) is 0 Å². The molecule has 0 aromatic carbocycles. The van der Waals surface area contributed by atoms with E-state index >= 15 is 0 Å². The Balaban J connectivity index is 2.18. The van der Waals surface area contributed by atoms with Gasteiger partial charge in [0.1, 0.15) is 5.75 Å². The predicted octanol–water partition coefficient (Wildman–Crippen LogP) is 0.985. The molecule has 0 radical (unpaired) electrons. The van der Waals surface area contributed by atoms with Crippen molar-refractivity contribution in [2.24, 2.45) is 0 Å². The van der Waals surface area contributed by atoms with E-state index in [1.165, 1.54) is 0 Å². The largest absolute Gasteiger partial charge is 0.466 e. The molecule has 1 saturated heterocycles. The Morgan fingerprint density at radius 2 is 2.44 bits per heavy atom. The molecule has 0 unspecified atom stereocenters. The Kier molecular flexibility index (Phi) is 2.35. The van der Waals surface area contributed by atoms with E-state index in [1.54, 1.807) is 6.20 Å². The number of hydrogen-bond acceptors (Lipinski definition) is 4. The normalized spacial score (nSPS) is 29.3. The Morgan fingerprint density at radius 1 is 1.67 bits per heavy atom. The van der Waals surface area contributed by atoms with E-state index in [2.05, 4.69) is 10.3 Å². The number of carbonyl (C=O) groups is 1. The van der Waals surface area contributed by atoms with Gasteiger partial charge < -0.3 is 15.2 Å². The van der Waals surface area contributed by atoms with E-state index < -0.39 is 5.72 Å². The first-order valence-corrected chi connectivity index (χ1v) is 6.11. The number of carbonyl (C=O) groups excluding carboxylic acids is 1. The van der Waals surface area contributed by atoms with Crippen molar-refractivity contribution in [1.29, 1.82) is 0 Å². The number of nitrogens with one attached hydrogen (secondary N) is 1. The summed E-state index contributed by atoms with van der Waals surface area (Å²) >= 11 is 0. The molecule has 5 nitrogen and oxygen atoms in total. The zero-order chi connectivity index (χ0) is 12.9. The van der Waals surface area contributed by atoms with Crippen molar-refractivity contribution in [2.45, 2.75) is 44.9 Å². The number of aliphatic hydroxyl groups excluding tert-OH is 1. The second-order valence-electron chi connectivity index (χ2n) is 5.26. The number of amides is 1. The molecule has 1 amide bonds. The van der Waals surface area contributed by atoms with Crippen LogP contribution in [0.25, 0.3) is 0 Å². The quantitative estimate of drug-likeness (QED) is 0.777. The van der Waals surface area contributed by atoms with Gasteiger partial charge in [0.25, 0.3) is 0 Å². The minimum atomic E-state index is -0.645. The minimum absolute atomic E-state index is 0.00208. The summed E-state index contributed by atoms with van der Waals surface area (Å²) < 4.78 is 5.93. The Hall–Kier alpha value is -1.62. The van der Waals surface area contributed by atoms with Gasteiger partial charge in [0.2, 0.25) is 5.91 Å². The van der Waals surface area contributed by atoms with E-state index in [-0.39, 0.29) is 18.4 Å². The number of aryl methyl sites for hydroxylation is 1. The minimum Gasteiger partial charge on any atom is -0.466 e. The van der Waals surface area contributed by atoms with Crippen LogP contribution in [0.3, 0.4) is 0 Å². The Labute approximate surface area is 105 Å². The summed E-state index contributed by atoms with van der Waals surface area (Å²) in [4.78, 5) is 15.9. The molecule has 96 valence electrons. The number of fused-ring (bicyclic) bond motifs is 4. The SMILES string of the molecule is Cc1ncc(CO)c2c1O[C@@]1(C)C[C@@H]2CC(=O)N1. The third-order valence-corrected chi connectivity index (χ3v) is 3.71. The van der Waals surface area contributed by atoms with Gasteiger partial charge >= 0.3 is 0 Å². The summed E-state index contributed by atoms with van der Waals surface area (Å²) in [7, 11) is 0. The molecule has 1 fully saturated rings. The summed E-state index contributed by atoms with van der Waals surface area (Å²) in [5.41, 5.74) is 1.87. The van der Waals surface area contributed by atoms with Crippen LogP contribution < -0.4 is 10.1 Å². The number of hydrogen-bond donors (Lipinski definition) is 2. The molecular weight excluding hydrogens is 232 g/mol. The number of pyridine rings is 1. The van der Waals surface area contributed by atoms with Crippen LogP contribution in [0, 0.1) is 6.92 Å². The van der Waals surface area contributed by atoms with Crippen LogP contribution in [-0.4, -0.2) is 21.7 Å². The summed E-state index contributed by atoms with van der Waals surface area (Å²) in [6.07, 6.45) is 2.86. The van der Waals surface area contributed by atoms with Crippen LogP contribution in [0.4, 0.5) is 0 Å². The van der Waals surface area contributed by atoms with Gasteiger partial charge in [-0.05, 0) is 13.8 Å². The van der Waals surface area contributed by atoms with Crippen LogP contribution in [-0.2, 0) is 11.4 Å². The first-order valence-electron chi connectivity index (χ1n) is 6.11. The molecule has 3 heterocycles. The standard InChI is InChI=1S/C13H16N2O3/c1-7-12-11(9(6-16)5-14-7)8-3-10(17)15-13(2,4-8)18-12/h5,8,16H,3-4,6H2,1-2H3,(H,15,17)/t8-,13-/m0/s1. The third kappa shape index (κ3) is 1.58. The highest BCUT2D eigenvalue weighted by molar-refractivity contribution is 5.79. The Bertz CT molecular complexity index is 529. The second-order valence-corrected chi connectivity index (χ2v) is 5.26. The van der Waals surface area contributed by atoms with Crippen molar-refractivity contribution in [3.63, 3.8) is 0 Å². The van der Waals surface area contributed by atoms with Crippen molar-refractivity contribution in [3.8, 4) is 5.75 Å². The monoisotopic (exact) mass is 248 g/mol. The second kappa shape index (κ2) is 3.68. The first kappa shape index (κ1) is 11.5. The van der Waals surface area contributed by atoms with Crippen LogP contribution >= 0.6 is 0 Å². The average Bonchev–Trinajstić information content (AvgIpc) is 2.29. The van der Waals surface area contributed by atoms with Crippen LogP contribution in [0.5, 0.6) is 5.75 Å². The maximum absolute atomic E-state index is 11.7. The van der Waals surface area contributed by atoms with Crippen LogP contribution in [0.1, 0.15) is 42.5 Å². The van der Waals surface area contributed by atoms with E-state index in [4.69, 9.17) is 4.74 Å². The number of rotatable bonds is 1. The molecule has 3 rings (SSSR count). The number of piperidine rings is 1. The highest BCUT2D eigenvalue weighted by Crippen LogP contribution is 2.46. The van der Waals surface area contributed by atoms with Gasteiger partial charge in [0.05, 0.1) is 12.3 Å². The molecule has 0 spiro atoms. The van der Waals surface area contributed by atoms with Gasteiger partial charge in [-0.25, -0.2) is 0 Å². The van der Waals surface area contributed by atoms with Crippen molar-refractivity contribution in [1.82, 2.24) is 10.3 Å². The molecule has 5 heteroatoms. The van der Waals surface area contributed by atoms with Gasteiger partial charge in [0.15, 0.2) is 5.72 Å². The number of nitrogens with zero attached hydrogens (tertiary/aromatic N) is 1. The van der Waals surface area contributed by atoms with Crippen LogP contribution in [0.15, 0.2) is 6.20 Å². The molecule has 0 saturated carbocycles. The highest BCUT2D eigenvalue weighted by Gasteiger charge is 2.45. The maximum atomic E-state index is 11.7. The zero-order valence-electron chi connectivity index (χ0n) is 10.5. The summed E-state index contributed by atoms with van der Waals surface area (Å²) in [6.45, 7) is 3.69. The lowest BCUT2D eigenvalue weighted by Gasteiger charge is -2.44. The zero-order valence-corrected chi connectivity index (χ0v) is 10.5. The fraction of sp³-hybridized carbons (Fsp3) is 0.538. The summed E-state index contributed by atoms with van der Waals surface area (Å²) in [6, 6.07) is 0. The number of aliphatic hydroxyl groups is 1. The lowest BCUT2D eigenvalue weighted by Crippen LogP contribution is -2.57. The van der Waals surface area contributed by atoms with Crippen molar-refractivity contribution >= 4 is 5.91 Å². The van der Waals surface area contributed by atoms with Gasteiger partial charge in [-0.15, -0.1) is 0 Å². The molecule has 2 N–H and O–H groups in total. The first-order chi connectivity index (χ1) is 8.52. The smallest absolute Gasteiger partial charge is 0.223 e. The molecule has 2 bridgehead atoms. The van der Waals surface area contributed by atoms with Crippen molar-refractivity contribution < 1.29 is 14.6 Å². The molecular formula is C13H16N2O3. The topological polar surface area (TPSA) is 71.5 Å². The number of ether oxygens (including phenoxy) is 1. The average molecular weight is 248 g/mol. The van der Waals surface area contributed by atoms with Crippen molar-refractivity contribution in [2.75, 3.05) is 0 Å². The Morgan fingerprint density at radius 3 is 3.17 bits per heavy atom. The third-order valence-electron chi connectivity index (χ3n) is 3.71. The lowest BCUT2D eigenvalue weighted by molar-refractivity contribution is -0.133. The molecule has 2 atom stereocenters. The lowest BCUT2D eigenvalue weighted by atomic mass is 9.80. The molecule has 1 aromatic rings. The summed E-state index contributed by atoms with van der Waals surface area (Å²) in [5, 5.41) is 12.3. The summed E-state index contributed by atoms with van der Waals surface area (Å²) in [5.74, 6) is 0.828. The maximum Gasteiger partial charge on any atom is 0.223 e. The number of aromatic nitrogens is 1. The molecule has 0 aliphatic carbocycles. The van der Waals surface area contributed by atoms with Crippen LogP contribution in [0.2, 0.25) is 0 Å². The molecule has 2 aliphatic heterocycles. The molecule has 18 heavy (non-hydrogen) atoms. The molecule has 1 aromatic heterocycles.